The lowest BCUT2D eigenvalue weighted by Gasteiger charge is -2.07. The zero-order valence-electron chi connectivity index (χ0n) is 8.68. The maximum Gasteiger partial charge on any atom is 0.285 e. The van der Waals surface area contributed by atoms with Crippen LogP contribution in [0.25, 0.3) is 0 Å². The van der Waals surface area contributed by atoms with Gasteiger partial charge in [-0.1, -0.05) is 0 Å². The van der Waals surface area contributed by atoms with Gasteiger partial charge in [0.05, 0.1) is 25.3 Å². The fourth-order valence-corrected chi connectivity index (χ4v) is 1.55. The summed E-state index contributed by atoms with van der Waals surface area (Å²) in [7, 11) is 2.84. The van der Waals surface area contributed by atoms with Crippen molar-refractivity contribution in [2.45, 2.75) is 0 Å². The normalized spacial score (nSPS) is 14.1. The number of amides is 2. The molecule has 1 N–H and O–H groups in total. The van der Waals surface area contributed by atoms with Gasteiger partial charge in [0.25, 0.3) is 11.8 Å². The van der Waals surface area contributed by atoms with Crippen molar-refractivity contribution in [3.05, 3.63) is 23.3 Å². The number of hydrogen-bond donors (Lipinski definition) is 1. The summed E-state index contributed by atoms with van der Waals surface area (Å²) in [6.45, 7) is 0. The third kappa shape index (κ3) is 1.24. The summed E-state index contributed by atoms with van der Waals surface area (Å²) in [5.41, 5.74) is 0.204. The molecule has 2 amide bonds. The van der Waals surface area contributed by atoms with Gasteiger partial charge >= 0.3 is 0 Å². The molecule has 1 heterocycles. The molecule has 0 radical (unpaired) electrons. The monoisotopic (exact) mass is 223 g/mol. The molecule has 84 valence electrons. The van der Waals surface area contributed by atoms with Crippen molar-refractivity contribution < 1.29 is 24.3 Å². The van der Waals surface area contributed by atoms with E-state index in [2.05, 4.69) is 0 Å². The summed E-state index contributed by atoms with van der Waals surface area (Å²) in [4.78, 5) is 22.9. The topological polar surface area (TPSA) is 76.1 Å². The molecule has 1 aliphatic rings. The van der Waals surface area contributed by atoms with Gasteiger partial charge in [-0.25, -0.2) is 0 Å². The van der Waals surface area contributed by atoms with E-state index in [4.69, 9.17) is 14.7 Å². The molecule has 6 nitrogen and oxygen atoms in total. The zero-order valence-corrected chi connectivity index (χ0v) is 8.68. The Hall–Kier alpha value is -2.08. The number of carbonyl (C=O) groups is 2. The first-order chi connectivity index (χ1) is 7.60. The third-order valence-corrected chi connectivity index (χ3v) is 2.37. The summed E-state index contributed by atoms with van der Waals surface area (Å²) in [5, 5.41) is 9.24. The second-order valence-corrected chi connectivity index (χ2v) is 3.17. The van der Waals surface area contributed by atoms with E-state index in [1.807, 2.05) is 0 Å². The Morgan fingerprint density at radius 2 is 1.38 bits per heavy atom. The molecule has 0 atom stereocenters. The van der Waals surface area contributed by atoms with Gasteiger partial charge in [0, 0.05) is 0 Å². The lowest BCUT2D eigenvalue weighted by molar-refractivity contribution is -0.0327. The second kappa shape index (κ2) is 3.49. The summed E-state index contributed by atoms with van der Waals surface area (Å²) in [6.07, 6.45) is 0. The molecule has 6 heteroatoms. The Labute approximate surface area is 90.9 Å². The number of methoxy groups -OCH3 is 2. The first kappa shape index (κ1) is 10.4. The van der Waals surface area contributed by atoms with E-state index in [9.17, 15) is 9.59 Å². The highest BCUT2D eigenvalue weighted by Gasteiger charge is 2.36. The lowest BCUT2D eigenvalue weighted by Crippen LogP contribution is -2.25. The molecule has 0 saturated carbocycles. The van der Waals surface area contributed by atoms with E-state index in [0.29, 0.717) is 11.5 Å². The van der Waals surface area contributed by atoms with E-state index in [1.165, 1.54) is 26.4 Å². The Morgan fingerprint density at radius 1 is 1.00 bits per heavy atom. The van der Waals surface area contributed by atoms with Gasteiger partial charge in [0.1, 0.15) is 0 Å². The molecule has 1 aliphatic heterocycles. The largest absolute Gasteiger partial charge is 0.493 e. The van der Waals surface area contributed by atoms with Crippen LogP contribution in [0.3, 0.4) is 0 Å². The highest BCUT2D eigenvalue weighted by molar-refractivity contribution is 6.20. The van der Waals surface area contributed by atoms with Crippen LogP contribution in [0.5, 0.6) is 11.5 Å². The molecule has 2 rings (SSSR count). The van der Waals surface area contributed by atoms with Crippen LogP contribution in [0.2, 0.25) is 0 Å². The molecule has 16 heavy (non-hydrogen) atoms. The first-order valence-corrected chi connectivity index (χ1v) is 4.43. The number of nitrogens with zero attached hydrogens (tertiary/aromatic N) is 1. The minimum Gasteiger partial charge on any atom is -0.493 e. The van der Waals surface area contributed by atoms with Gasteiger partial charge in [-0.2, -0.15) is 0 Å². The lowest BCUT2D eigenvalue weighted by atomic mass is 10.1. The quantitative estimate of drug-likeness (QED) is 0.589. The van der Waals surface area contributed by atoms with Crippen LogP contribution in [-0.2, 0) is 0 Å². The molecule has 0 aromatic heterocycles. The van der Waals surface area contributed by atoms with Crippen molar-refractivity contribution in [1.29, 1.82) is 0 Å². The molecule has 0 unspecified atom stereocenters. The summed E-state index contributed by atoms with van der Waals surface area (Å²) in [5.74, 6) is -0.864. The molecule has 1 aromatic rings. The number of imide groups is 1. The summed E-state index contributed by atoms with van der Waals surface area (Å²) >= 11 is 0. The van der Waals surface area contributed by atoms with E-state index in [-0.39, 0.29) is 16.2 Å². The number of hydroxylamine groups is 2. The fraction of sp³-hybridized carbons (Fsp3) is 0.200. The van der Waals surface area contributed by atoms with Gasteiger partial charge in [-0.3, -0.25) is 14.8 Å². The van der Waals surface area contributed by atoms with Gasteiger partial charge < -0.3 is 9.47 Å². The molecule has 0 bridgehead atoms. The SMILES string of the molecule is COc1cc2c(cc1OC)C(=O)N(O)C2=O. The van der Waals surface area contributed by atoms with E-state index < -0.39 is 11.8 Å². The van der Waals surface area contributed by atoms with Gasteiger partial charge in [-0.05, 0) is 12.1 Å². The number of benzene rings is 1. The van der Waals surface area contributed by atoms with E-state index in [1.54, 1.807) is 0 Å². The maximum absolute atomic E-state index is 11.4. The fourth-order valence-electron chi connectivity index (χ4n) is 1.55. The molecule has 0 spiro atoms. The van der Waals surface area contributed by atoms with Gasteiger partial charge in [-0.15, -0.1) is 5.06 Å². The Balaban J connectivity index is 2.64. The molecular weight excluding hydrogens is 214 g/mol. The minimum absolute atomic E-state index is 0.0730. The molecule has 0 fully saturated rings. The molecule has 1 aromatic carbocycles. The van der Waals surface area contributed by atoms with E-state index >= 15 is 0 Å². The maximum atomic E-state index is 11.4. The third-order valence-electron chi connectivity index (χ3n) is 2.37. The van der Waals surface area contributed by atoms with Crippen molar-refractivity contribution in [3.63, 3.8) is 0 Å². The Kier molecular flexibility index (Phi) is 2.28. The predicted octanol–water partition coefficient (Wildman–Crippen LogP) is 0.689. The number of hydrogen-bond acceptors (Lipinski definition) is 5. The standard InChI is InChI=1S/C10H9NO5/c1-15-7-3-5-6(4-8(7)16-2)10(13)11(14)9(5)12/h3-4,14H,1-2H3. The van der Waals surface area contributed by atoms with Crippen LogP contribution >= 0.6 is 0 Å². The molecule has 0 saturated heterocycles. The second-order valence-electron chi connectivity index (χ2n) is 3.17. The van der Waals surface area contributed by atoms with Crippen LogP contribution in [0.1, 0.15) is 20.7 Å². The van der Waals surface area contributed by atoms with Gasteiger partial charge in [0.2, 0.25) is 0 Å². The number of rotatable bonds is 2. The number of ether oxygens (including phenoxy) is 2. The van der Waals surface area contributed by atoms with Gasteiger partial charge in [0.15, 0.2) is 11.5 Å². The van der Waals surface area contributed by atoms with E-state index in [0.717, 1.165) is 0 Å². The smallest absolute Gasteiger partial charge is 0.285 e. The van der Waals surface area contributed by atoms with Crippen molar-refractivity contribution in [1.82, 2.24) is 5.06 Å². The summed E-state index contributed by atoms with van der Waals surface area (Å²) < 4.78 is 9.98. The minimum atomic E-state index is -0.763. The van der Waals surface area contributed by atoms with Crippen LogP contribution in [0.15, 0.2) is 12.1 Å². The van der Waals surface area contributed by atoms with Crippen molar-refractivity contribution in [3.8, 4) is 11.5 Å². The highest BCUT2D eigenvalue weighted by Crippen LogP contribution is 2.34. The first-order valence-electron chi connectivity index (χ1n) is 4.43. The average Bonchev–Trinajstić information content (AvgIpc) is 2.52. The Morgan fingerprint density at radius 3 is 1.69 bits per heavy atom. The van der Waals surface area contributed by atoms with Crippen LogP contribution < -0.4 is 9.47 Å². The number of fused-ring (bicyclic) bond motifs is 1. The highest BCUT2D eigenvalue weighted by atomic mass is 16.5. The summed E-state index contributed by atoms with van der Waals surface area (Å²) in [6, 6.07) is 2.73. The Bertz CT molecular complexity index is 439. The van der Waals surface area contributed by atoms with Crippen LogP contribution in [0.4, 0.5) is 0 Å². The van der Waals surface area contributed by atoms with Crippen molar-refractivity contribution in [2.75, 3.05) is 14.2 Å². The number of carbonyl (C=O) groups excluding carboxylic acids is 2. The molecule has 0 aliphatic carbocycles. The average molecular weight is 223 g/mol. The zero-order chi connectivity index (χ0) is 11.9. The predicted molar refractivity (Wildman–Crippen MR) is 51.8 cm³/mol. The van der Waals surface area contributed by atoms with Crippen molar-refractivity contribution in [2.24, 2.45) is 0 Å². The van der Waals surface area contributed by atoms with Crippen LogP contribution in [0, 0.1) is 0 Å². The van der Waals surface area contributed by atoms with Crippen molar-refractivity contribution >= 4 is 11.8 Å². The van der Waals surface area contributed by atoms with Crippen LogP contribution in [-0.4, -0.2) is 36.3 Å². The molecular formula is C10H9NO5.